The summed E-state index contributed by atoms with van der Waals surface area (Å²) in [7, 11) is 3.11. The maximum absolute atomic E-state index is 5.13. The predicted molar refractivity (Wildman–Crippen MR) is 69.0 cm³/mol. The number of benzene rings is 1. The maximum Gasteiger partial charge on any atom is 0.278 e. The van der Waals surface area contributed by atoms with Crippen molar-refractivity contribution in [2.45, 2.75) is 12.8 Å². The first-order chi connectivity index (χ1) is 8.83. The van der Waals surface area contributed by atoms with Gasteiger partial charge in [0.2, 0.25) is 0 Å². The number of rotatable bonds is 5. The molecule has 0 radical (unpaired) electrons. The van der Waals surface area contributed by atoms with Gasteiger partial charge in [0.05, 0.1) is 26.1 Å². The Kier molecular flexibility index (Phi) is 4.12. The zero-order chi connectivity index (χ0) is 12.8. The first-order valence-corrected chi connectivity index (χ1v) is 5.81. The van der Waals surface area contributed by atoms with Crippen LogP contribution in [0.1, 0.15) is 11.3 Å². The lowest BCUT2D eigenvalue weighted by atomic mass is 10.1. The van der Waals surface area contributed by atoms with Gasteiger partial charge in [0.15, 0.2) is 0 Å². The van der Waals surface area contributed by atoms with Gasteiger partial charge in [-0.25, -0.2) is 9.97 Å². The van der Waals surface area contributed by atoms with Crippen LogP contribution in [0, 0.1) is 0 Å². The van der Waals surface area contributed by atoms with Crippen LogP contribution in [0.5, 0.6) is 11.8 Å². The van der Waals surface area contributed by atoms with Crippen molar-refractivity contribution in [3.8, 4) is 11.8 Å². The number of nitrogens with zero attached hydrogens (tertiary/aromatic N) is 2. The van der Waals surface area contributed by atoms with Gasteiger partial charge in [0.25, 0.3) is 11.8 Å². The van der Waals surface area contributed by atoms with E-state index in [-0.39, 0.29) is 0 Å². The second kappa shape index (κ2) is 6.00. The standard InChI is InChI=1S/C14H16N2O2/c1-17-13-14(18-2)16-12(10-15-13)9-8-11-6-4-3-5-7-11/h3-7,10H,8-9H2,1-2H3. The lowest BCUT2D eigenvalue weighted by molar-refractivity contribution is 0.330. The van der Waals surface area contributed by atoms with E-state index in [0.29, 0.717) is 11.8 Å². The van der Waals surface area contributed by atoms with Gasteiger partial charge < -0.3 is 9.47 Å². The largest absolute Gasteiger partial charge is 0.477 e. The highest BCUT2D eigenvalue weighted by Gasteiger charge is 2.08. The monoisotopic (exact) mass is 244 g/mol. The van der Waals surface area contributed by atoms with Crippen molar-refractivity contribution >= 4 is 0 Å². The number of hydrogen-bond donors (Lipinski definition) is 0. The Morgan fingerprint density at radius 1 is 0.944 bits per heavy atom. The Balaban J connectivity index is 2.06. The second-order valence-electron chi connectivity index (χ2n) is 3.87. The topological polar surface area (TPSA) is 44.2 Å². The first-order valence-electron chi connectivity index (χ1n) is 5.81. The van der Waals surface area contributed by atoms with E-state index in [4.69, 9.17) is 9.47 Å². The highest BCUT2D eigenvalue weighted by atomic mass is 16.5. The average molecular weight is 244 g/mol. The summed E-state index contributed by atoms with van der Waals surface area (Å²) < 4.78 is 10.2. The molecular weight excluding hydrogens is 228 g/mol. The van der Waals surface area contributed by atoms with Crippen molar-refractivity contribution in [1.82, 2.24) is 9.97 Å². The summed E-state index contributed by atoms with van der Waals surface area (Å²) in [5.41, 5.74) is 2.19. The smallest absolute Gasteiger partial charge is 0.278 e. The van der Waals surface area contributed by atoms with Crippen LogP contribution in [0.15, 0.2) is 36.5 Å². The van der Waals surface area contributed by atoms with Crippen molar-refractivity contribution in [1.29, 1.82) is 0 Å². The Morgan fingerprint density at radius 2 is 1.67 bits per heavy atom. The molecule has 0 bridgehead atoms. The SMILES string of the molecule is COc1ncc(CCc2ccccc2)nc1OC. The van der Waals surface area contributed by atoms with E-state index >= 15 is 0 Å². The zero-order valence-corrected chi connectivity index (χ0v) is 10.6. The summed E-state index contributed by atoms with van der Waals surface area (Å²) >= 11 is 0. The molecule has 2 aromatic rings. The normalized spacial score (nSPS) is 10.1. The molecule has 18 heavy (non-hydrogen) atoms. The minimum Gasteiger partial charge on any atom is -0.477 e. The lowest BCUT2D eigenvalue weighted by Crippen LogP contribution is -2.01. The van der Waals surface area contributed by atoms with Crippen LogP contribution in [0.25, 0.3) is 0 Å². The van der Waals surface area contributed by atoms with Gasteiger partial charge in [0.1, 0.15) is 0 Å². The van der Waals surface area contributed by atoms with E-state index in [1.165, 1.54) is 5.56 Å². The van der Waals surface area contributed by atoms with E-state index in [9.17, 15) is 0 Å². The molecule has 0 unspecified atom stereocenters. The molecule has 0 fully saturated rings. The van der Waals surface area contributed by atoms with Gasteiger partial charge >= 0.3 is 0 Å². The quantitative estimate of drug-likeness (QED) is 0.809. The molecule has 0 amide bonds. The fourth-order valence-corrected chi connectivity index (χ4v) is 1.71. The van der Waals surface area contributed by atoms with E-state index in [1.54, 1.807) is 20.4 Å². The molecule has 4 nitrogen and oxygen atoms in total. The number of aryl methyl sites for hydroxylation is 2. The summed E-state index contributed by atoms with van der Waals surface area (Å²) in [6.07, 6.45) is 3.49. The zero-order valence-electron chi connectivity index (χ0n) is 10.6. The molecular formula is C14H16N2O2. The van der Waals surface area contributed by atoms with Gasteiger partial charge in [0, 0.05) is 0 Å². The second-order valence-corrected chi connectivity index (χ2v) is 3.87. The summed E-state index contributed by atoms with van der Waals surface area (Å²) in [6.45, 7) is 0. The summed E-state index contributed by atoms with van der Waals surface area (Å²) in [4.78, 5) is 8.54. The van der Waals surface area contributed by atoms with E-state index in [2.05, 4.69) is 22.1 Å². The number of aromatic nitrogens is 2. The molecule has 4 heteroatoms. The third-order valence-electron chi connectivity index (χ3n) is 2.66. The molecule has 0 aliphatic carbocycles. The van der Waals surface area contributed by atoms with Gasteiger partial charge in [-0.1, -0.05) is 30.3 Å². The molecule has 0 saturated carbocycles. The van der Waals surface area contributed by atoms with Crippen LogP contribution in [0.2, 0.25) is 0 Å². The third-order valence-corrected chi connectivity index (χ3v) is 2.66. The highest BCUT2D eigenvalue weighted by Crippen LogP contribution is 2.20. The summed E-state index contributed by atoms with van der Waals surface area (Å²) in [6, 6.07) is 10.3. The van der Waals surface area contributed by atoms with Crippen LogP contribution in [-0.4, -0.2) is 24.2 Å². The molecule has 0 saturated heterocycles. The molecule has 0 spiro atoms. The molecule has 94 valence electrons. The average Bonchev–Trinajstić information content (AvgIpc) is 2.45. The van der Waals surface area contributed by atoms with Crippen LogP contribution < -0.4 is 9.47 Å². The molecule has 0 N–H and O–H groups in total. The number of hydrogen-bond acceptors (Lipinski definition) is 4. The van der Waals surface area contributed by atoms with Crippen LogP contribution >= 0.6 is 0 Å². The van der Waals surface area contributed by atoms with E-state index in [1.807, 2.05) is 18.2 Å². The first kappa shape index (κ1) is 12.4. The molecule has 1 aromatic carbocycles. The van der Waals surface area contributed by atoms with Crippen molar-refractivity contribution < 1.29 is 9.47 Å². The Morgan fingerprint density at radius 3 is 2.33 bits per heavy atom. The molecule has 0 aliphatic rings. The minimum atomic E-state index is 0.418. The molecule has 0 aliphatic heterocycles. The lowest BCUT2D eigenvalue weighted by Gasteiger charge is -2.07. The van der Waals surface area contributed by atoms with Crippen LogP contribution in [-0.2, 0) is 12.8 Å². The van der Waals surface area contributed by atoms with Crippen molar-refractivity contribution in [2.24, 2.45) is 0 Å². The van der Waals surface area contributed by atoms with Crippen molar-refractivity contribution in [2.75, 3.05) is 14.2 Å². The van der Waals surface area contributed by atoms with Gasteiger partial charge in [-0.15, -0.1) is 0 Å². The van der Waals surface area contributed by atoms with Crippen molar-refractivity contribution in [3.05, 3.63) is 47.8 Å². The Bertz CT molecular complexity index is 500. The molecule has 0 atom stereocenters. The molecule has 2 rings (SSSR count). The molecule has 1 heterocycles. The number of ether oxygens (including phenoxy) is 2. The summed E-state index contributed by atoms with van der Waals surface area (Å²) in [5.74, 6) is 0.851. The molecule has 1 aromatic heterocycles. The Hall–Kier alpha value is -2.10. The summed E-state index contributed by atoms with van der Waals surface area (Å²) in [5, 5.41) is 0. The maximum atomic E-state index is 5.13. The highest BCUT2D eigenvalue weighted by molar-refractivity contribution is 5.26. The van der Waals surface area contributed by atoms with E-state index in [0.717, 1.165) is 18.5 Å². The fourth-order valence-electron chi connectivity index (χ4n) is 1.71. The van der Waals surface area contributed by atoms with E-state index < -0.39 is 0 Å². The number of methoxy groups -OCH3 is 2. The van der Waals surface area contributed by atoms with Gasteiger partial charge in [-0.3, -0.25) is 0 Å². The van der Waals surface area contributed by atoms with Gasteiger partial charge in [-0.2, -0.15) is 0 Å². The van der Waals surface area contributed by atoms with Crippen molar-refractivity contribution in [3.63, 3.8) is 0 Å². The minimum absolute atomic E-state index is 0.418. The Labute approximate surface area is 107 Å². The van der Waals surface area contributed by atoms with Crippen LogP contribution in [0.3, 0.4) is 0 Å². The fraction of sp³-hybridized carbons (Fsp3) is 0.286. The predicted octanol–water partition coefficient (Wildman–Crippen LogP) is 2.28. The van der Waals surface area contributed by atoms with Crippen LogP contribution in [0.4, 0.5) is 0 Å². The van der Waals surface area contributed by atoms with Gasteiger partial charge in [-0.05, 0) is 18.4 Å². The third kappa shape index (κ3) is 2.97.